The van der Waals surface area contributed by atoms with Gasteiger partial charge in [-0.2, -0.15) is 0 Å². The minimum Gasteiger partial charge on any atom is -0.485 e. The molecule has 0 fully saturated rings. The van der Waals surface area contributed by atoms with Crippen LogP contribution in [0.4, 0.5) is 0 Å². The highest BCUT2D eigenvalue weighted by Gasteiger charge is 2.29. The molecule has 0 spiro atoms. The number of ether oxygens (including phenoxy) is 3. The van der Waals surface area contributed by atoms with E-state index in [-0.39, 0.29) is 19.1 Å². The summed E-state index contributed by atoms with van der Waals surface area (Å²) < 4.78 is 15.8. The molecule has 0 radical (unpaired) electrons. The Morgan fingerprint density at radius 2 is 2.05 bits per heavy atom. The Kier molecular flexibility index (Phi) is 5.03. The molecule has 1 atom stereocenters. The molecule has 1 N–H and O–H groups in total. The van der Waals surface area contributed by atoms with E-state index in [0.717, 1.165) is 0 Å². The van der Waals surface area contributed by atoms with Crippen molar-refractivity contribution in [2.24, 2.45) is 5.92 Å². The predicted molar refractivity (Wildman–Crippen MR) is 75.2 cm³/mol. The van der Waals surface area contributed by atoms with Crippen LogP contribution < -0.4 is 14.8 Å². The van der Waals surface area contributed by atoms with Crippen molar-refractivity contribution < 1.29 is 23.8 Å². The smallest absolute Gasteiger partial charge is 0.351 e. The molecule has 1 amide bonds. The minimum absolute atomic E-state index is 0.0729. The van der Waals surface area contributed by atoms with Gasteiger partial charge in [-0.1, -0.05) is 26.0 Å². The monoisotopic (exact) mass is 293 g/mol. The first-order valence-corrected chi connectivity index (χ1v) is 6.88. The Morgan fingerprint density at radius 3 is 2.76 bits per heavy atom. The molecular weight excluding hydrogens is 274 g/mol. The van der Waals surface area contributed by atoms with E-state index in [2.05, 4.69) is 5.32 Å². The van der Waals surface area contributed by atoms with E-state index in [0.29, 0.717) is 24.0 Å². The number of carbonyl (C=O) groups is 2. The number of benzene rings is 1. The molecule has 2 rings (SSSR count). The maximum atomic E-state index is 11.8. The van der Waals surface area contributed by atoms with Gasteiger partial charge in [0, 0.05) is 6.54 Å². The van der Waals surface area contributed by atoms with Crippen molar-refractivity contribution in [3.05, 3.63) is 24.3 Å². The average molecular weight is 293 g/mol. The van der Waals surface area contributed by atoms with Crippen LogP contribution in [0.25, 0.3) is 0 Å². The van der Waals surface area contributed by atoms with Gasteiger partial charge in [-0.05, 0) is 18.1 Å². The number of esters is 1. The molecule has 0 bridgehead atoms. The Hall–Kier alpha value is -2.24. The molecule has 1 aromatic carbocycles. The lowest BCUT2D eigenvalue weighted by Crippen LogP contribution is -2.40. The van der Waals surface area contributed by atoms with Gasteiger partial charge in [-0.3, -0.25) is 4.79 Å². The number of nitrogens with one attached hydrogen (secondary N) is 1. The predicted octanol–water partition coefficient (Wildman–Crippen LogP) is 1.14. The summed E-state index contributed by atoms with van der Waals surface area (Å²) in [6.07, 6.45) is -0.849. The molecule has 6 nitrogen and oxygen atoms in total. The van der Waals surface area contributed by atoms with Crippen molar-refractivity contribution in [3.8, 4) is 11.5 Å². The van der Waals surface area contributed by atoms with Crippen molar-refractivity contribution in [1.82, 2.24) is 5.32 Å². The second-order valence-corrected chi connectivity index (χ2v) is 5.17. The Labute approximate surface area is 123 Å². The van der Waals surface area contributed by atoms with E-state index in [1.165, 1.54) is 0 Å². The maximum Gasteiger partial charge on any atom is 0.351 e. The Morgan fingerprint density at radius 1 is 1.33 bits per heavy atom. The van der Waals surface area contributed by atoms with Gasteiger partial charge in [0.1, 0.15) is 6.61 Å². The number of hydrogen-bond acceptors (Lipinski definition) is 5. The van der Waals surface area contributed by atoms with E-state index in [4.69, 9.17) is 14.2 Å². The standard InChI is InChI=1S/C15H19NO5/c1-10(2)7-16-14(17)9-20-15(18)13-8-19-11-5-3-4-6-12(11)21-13/h3-6,10,13H,7-9H2,1-2H3,(H,16,17)/t13-/m1/s1. The topological polar surface area (TPSA) is 73.9 Å². The summed E-state index contributed by atoms with van der Waals surface area (Å²) in [4.78, 5) is 23.3. The summed E-state index contributed by atoms with van der Waals surface area (Å²) in [6, 6.07) is 7.08. The van der Waals surface area contributed by atoms with Crippen LogP contribution in [0.5, 0.6) is 11.5 Å². The van der Waals surface area contributed by atoms with E-state index >= 15 is 0 Å². The average Bonchev–Trinajstić information content (AvgIpc) is 2.50. The summed E-state index contributed by atoms with van der Waals surface area (Å²) in [7, 11) is 0. The van der Waals surface area contributed by atoms with Gasteiger partial charge >= 0.3 is 5.97 Å². The highest BCUT2D eigenvalue weighted by molar-refractivity contribution is 5.82. The summed E-state index contributed by atoms with van der Waals surface area (Å²) in [5.41, 5.74) is 0. The van der Waals surface area contributed by atoms with E-state index in [1.807, 2.05) is 19.9 Å². The molecule has 0 saturated carbocycles. The molecule has 114 valence electrons. The van der Waals surface area contributed by atoms with Crippen molar-refractivity contribution in [2.45, 2.75) is 20.0 Å². The molecular formula is C15H19NO5. The largest absolute Gasteiger partial charge is 0.485 e. The van der Waals surface area contributed by atoms with Crippen LogP contribution in [-0.2, 0) is 14.3 Å². The quantitative estimate of drug-likeness (QED) is 0.824. The summed E-state index contributed by atoms with van der Waals surface area (Å²) in [5, 5.41) is 2.67. The summed E-state index contributed by atoms with van der Waals surface area (Å²) in [6.45, 7) is 4.28. The molecule has 1 aromatic rings. The Bertz CT molecular complexity index is 515. The third kappa shape index (κ3) is 4.37. The van der Waals surface area contributed by atoms with Crippen LogP contribution in [0.15, 0.2) is 24.3 Å². The lowest BCUT2D eigenvalue weighted by atomic mass is 10.2. The molecule has 0 aliphatic carbocycles. The second kappa shape index (κ2) is 6.97. The second-order valence-electron chi connectivity index (χ2n) is 5.17. The number of hydrogen-bond donors (Lipinski definition) is 1. The van der Waals surface area contributed by atoms with Crippen LogP contribution in [0, 0.1) is 5.92 Å². The van der Waals surface area contributed by atoms with Gasteiger partial charge in [0.05, 0.1) is 0 Å². The number of carbonyl (C=O) groups excluding carboxylic acids is 2. The summed E-state index contributed by atoms with van der Waals surface area (Å²) >= 11 is 0. The molecule has 21 heavy (non-hydrogen) atoms. The number of rotatable bonds is 5. The lowest BCUT2D eigenvalue weighted by molar-refractivity contribution is -0.157. The van der Waals surface area contributed by atoms with Gasteiger partial charge < -0.3 is 19.5 Å². The van der Waals surface area contributed by atoms with Gasteiger partial charge in [0.25, 0.3) is 5.91 Å². The fraction of sp³-hybridized carbons (Fsp3) is 0.467. The van der Waals surface area contributed by atoms with Crippen molar-refractivity contribution in [2.75, 3.05) is 19.8 Å². The van der Waals surface area contributed by atoms with E-state index in [9.17, 15) is 9.59 Å². The minimum atomic E-state index is -0.849. The molecule has 0 aromatic heterocycles. The van der Waals surface area contributed by atoms with Crippen LogP contribution >= 0.6 is 0 Å². The van der Waals surface area contributed by atoms with E-state index in [1.54, 1.807) is 18.2 Å². The van der Waals surface area contributed by atoms with Crippen LogP contribution in [-0.4, -0.2) is 37.7 Å². The van der Waals surface area contributed by atoms with Crippen LogP contribution in [0.3, 0.4) is 0 Å². The molecule has 1 heterocycles. The van der Waals surface area contributed by atoms with Gasteiger partial charge in [-0.15, -0.1) is 0 Å². The van der Waals surface area contributed by atoms with Crippen LogP contribution in [0.1, 0.15) is 13.8 Å². The fourth-order valence-electron chi connectivity index (χ4n) is 1.73. The summed E-state index contributed by atoms with van der Waals surface area (Å²) in [5.74, 6) is 0.501. The maximum absolute atomic E-state index is 11.8. The SMILES string of the molecule is CC(C)CNC(=O)COC(=O)[C@H]1COc2ccccc2O1. The number of para-hydroxylation sites is 2. The third-order valence-electron chi connectivity index (χ3n) is 2.82. The first-order valence-electron chi connectivity index (χ1n) is 6.88. The molecule has 6 heteroatoms. The van der Waals surface area contributed by atoms with Crippen molar-refractivity contribution in [1.29, 1.82) is 0 Å². The first kappa shape index (κ1) is 15.2. The first-order chi connectivity index (χ1) is 10.1. The van der Waals surface area contributed by atoms with Crippen molar-refractivity contribution in [3.63, 3.8) is 0 Å². The number of amides is 1. The molecule has 1 aliphatic rings. The highest BCUT2D eigenvalue weighted by atomic mass is 16.6. The third-order valence-corrected chi connectivity index (χ3v) is 2.82. The number of fused-ring (bicyclic) bond motifs is 1. The fourth-order valence-corrected chi connectivity index (χ4v) is 1.73. The zero-order valence-electron chi connectivity index (χ0n) is 12.1. The van der Waals surface area contributed by atoms with Gasteiger partial charge in [0.15, 0.2) is 18.1 Å². The van der Waals surface area contributed by atoms with E-state index < -0.39 is 12.1 Å². The lowest BCUT2D eigenvalue weighted by Gasteiger charge is -2.24. The normalized spacial score (nSPS) is 16.4. The zero-order chi connectivity index (χ0) is 15.2. The molecule has 0 saturated heterocycles. The highest BCUT2D eigenvalue weighted by Crippen LogP contribution is 2.30. The van der Waals surface area contributed by atoms with Gasteiger partial charge in [0.2, 0.25) is 6.10 Å². The van der Waals surface area contributed by atoms with Crippen molar-refractivity contribution >= 4 is 11.9 Å². The Balaban J connectivity index is 1.78. The van der Waals surface area contributed by atoms with Crippen LogP contribution in [0.2, 0.25) is 0 Å². The molecule has 0 unspecified atom stereocenters. The molecule has 1 aliphatic heterocycles. The zero-order valence-corrected chi connectivity index (χ0v) is 12.1. The van der Waals surface area contributed by atoms with Gasteiger partial charge in [-0.25, -0.2) is 4.79 Å².